The third kappa shape index (κ3) is 6.04. The molecule has 0 aromatic carbocycles. The largest absolute Gasteiger partial charge is 0.380 e. The molecule has 1 N–H and O–H groups in total. The molecule has 3 nitrogen and oxygen atoms in total. The average Bonchev–Trinajstić information content (AvgIpc) is 1.83. The zero-order valence-electron chi connectivity index (χ0n) is 5.48. The maximum atomic E-state index is 10.3. The normalized spacial score (nSPS) is 12.8. The highest BCUT2D eigenvalue weighted by atomic mass is 127. The standard InChI is InChI=1S/C5H10INO2/c1-4(9-2)3-7-5(6)8/h4H,3H2,1-2H3,(H,7,8). The van der Waals surface area contributed by atoms with Gasteiger partial charge in [-0.3, -0.25) is 4.79 Å². The highest BCUT2D eigenvalue weighted by Gasteiger charge is 1.98. The molecule has 0 aliphatic rings. The van der Waals surface area contributed by atoms with Gasteiger partial charge in [-0.25, -0.2) is 0 Å². The first kappa shape index (κ1) is 9.16. The topological polar surface area (TPSA) is 38.3 Å². The van der Waals surface area contributed by atoms with Gasteiger partial charge >= 0.3 is 0 Å². The van der Waals surface area contributed by atoms with Crippen LogP contribution in [0.5, 0.6) is 0 Å². The molecule has 9 heavy (non-hydrogen) atoms. The van der Waals surface area contributed by atoms with E-state index in [2.05, 4.69) is 5.32 Å². The van der Waals surface area contributed by atoms with Gasteiger partial charge in [-0.2, -0.15) is 0 Å². The second-order valence-corrected chi connectivity index (χ2v) is 2.68. The Labute approximate surface area is 68.3 Å². The van der Waals surface area contributed by atoms with E-state index >= 15 is 0 Å². The van der Waals surface area contributed by atoms with E-state index in [1.165, 1.54) is 0 Å². The fraction of sp³-hybridized carbons (Fsp3) is 0.800. The van der Waals surface area contributed by atoms with Gasteiger partial charge in [-0.1, -0.05) is 0 Å². The van der Waals surface area contributed by atoms with E-state index in [0.717, 1.165) is 0 Å². The molecule has 0 rings (SSSR count). The Morgan fingerprint density at radius 2 is 2.44 bits per heavy atom. The van der Waals surface area contributed by atoms with Crippen molar-refractivity contribution in [3.63, 3.8) is 0 Å². The van der Waals surface area contributed by atoms with Crippen molar-refractivity contribution in [1.82, 2.24) is 5.32 Å². The summed E-state index contributed by atoms with van der Waals surface area (Å²) in [7, 11) is 1.62. The van der Waals surface area contributed by atoms with Crippen molar-refractivity contribution < 1.29 is 9.53 Å². The SMILES string of the molecule is COC(C)CNC(=O)I. The summed E-state index contributed by atoms with van der Waals surface area (Å²) in [6.07, 6.45) is 0.101. The van der Waals surface area contributed by atoms with E-state index in [4.69, 9.17) is 4.74 Å². The van der Waals surface area contributed by atoms with Gasteiger partial charge in [-0.15, -0.1) is 0 Å². The molecule has 0 saturated heterocycles. The van der Waals surface area contributed by atoms with E-state index < -0.39 is 0 Å². The molecule has 0 aromatic rings. The fourth-order valence-electron chi connectivity index (χ4n) is 0.307. The lowest BCUT2D eigenvalue weighted by Gasteiger charge is -2.07. The number of carbonyl (C=O) groups excluding carboxylic acids is 1. The van der Waals surface area contributed by atoms with Crippen LogP contribution in [-0.4, -0.2) is 23.7 Å². The maximum Gasteiger partial charge on any atom is 0.280 e. The molecular weight excluding hydrogens is 233 g/mol. The summed E-state index contributed by atoms with van der Waals surface area (Å²) in [4.78, 5) is 10.3. The molecular formula is C5H10INO2. The van der Waals surface area contributed by atoms with Gasteiger partial charge in [0.25, 0.3) is 3.91 Å². The minimum Gasteiger partial charge on any atom is -0.380 e. The first-order valence-electron chi connectivity index (χ1n) is 2.63. The lowest BCUT2D eigenvalue weighted by atomic mass is 10.4. The molecule has 0 radical (unpaired) electrons. The number of ether oxygens (including phenoxy) is 1. The second-order valence-electron chi connectivity index (χ2n) is 1.70. The first-order chi connectivity index (χ1) is 4.16. The van der Waals surface area contributed by atoms with Crippen LogP contribution in [0, 0.1) is 0 Å². The lowest BCUT2D eigenvalue weighted by molar-refractivity contribution is 0.120. The summed E-state index contributed by atoms with van der Waals surface area (Å²) in [5.74, 6) is 0. The Morgan fingerprint density at radius 3 is 2.78 bits per heavy atom. The number of halogens is 1. The summed E-state index contributed by atoms with van der Waals surface area (Å²) >= 11 is 1.69. The number of nitrogens with one attached hydrogen (secondary N) is 1. The molecule has 0 spiro atoms. The van der Waals surface area contributed by atoms with Crippen LogP contribution in [0.15, 0.2) is 0 Å². The summed E-state index contributed by atoms with van der Waals surface area (Å²) in [6.45, 7) is 2.48. The number of methoxy groups -OCH3 is 1. The summed E-state index contributed by atoms with van der Waals surface area (Å²) in [5.41, 5.74) is 0. The van der Waals surface area contributed by atoms with Crippen molar-refractivity contribution in [2.75, 3.05) is 13.7 Å². The predicted octanol–water partition coefficient (Wildman–Crippen LogP) is 1.17. The van der Waals surface area contributed by atoms with Gasteiger partial charge < -0.3 is 10.1 Å². The lowest BCUT2D eigenvalue weighted by Crippen LogP contribution is -2.27. The fourth-order valence-corrected chi connectivity index (χ4v) is 0.528. The maximum absolute atomic E-state index is 10.3. The van der Waals surface area contributed by atoms with E-state index in [0.29, 0.717) is 6.54 Å². The average molecular weight is 243 g/mol. The number of hydrogen-bond donors (Lipinski definition) is 1. The Hall–Kier alpha value is 0.160. The Kier molecular flexibility index (Phi) is 5.07. The molecule has 0 bridgehead atoms. The van der Waals surface area contributed by atoms with Gasteiger partial charge in [0.2, 0.25) is 0 Å². The van der Waals surface area contributed by atoms with E-state index in [1.54, 1.807) is 29.7 Å². The zero-order chi connectivity index (χ0) is 7.28. The van der Waals surface area contributed by atoms with E-state index in [-0.39, 0.29) is 10.0 Å². The van der Waals surface area contributed by atoms with Gasteiger partial charge in [0, 0.05) is 36.2 Å². The van der Waals surface area contributed by atoms with Crippen molar-refractivity contribution in [1.29, 1.82) is 0 Å². The van der Waals surface area contributed by atoms with Crippen molar-refractivity contribution >= 4 is 26.5 Å². The van der Waals surface area contributed by atoms with Crippen molar-refractivity contribution in [3.05, 3.63) is 0 Å². The molecule has 0 fully saturated rings. The molecule has 0 aliphatic heterocycles. The number of carbonyl (C=O) groups is 1. The van der Waals surface area contributed by atoms with Crippen LogP contribution < -0.4 is 5.32 Å². The first-order valence-corrected chi connectivity index (χ1v) is 3.70. The molecule has 0 aliphatic carbocycles. The highest BCUT2D eigenvalue weighted by Crippen LogP contribution is 1.87. The smallest absolute Gasteiger partial charge is 0.280 e. The summed E-state index contributed by atoms with van der Waals surface area (Å²) in [6, 6.07) is 0. The number of rotatable bonds is 3. The summed E-state index contributed by atoms with van der Waals surface area (Å²) in [5, 5.41) is 2.62. The van der Waals surface area contributed by atoms with Gasteiger partial charge in [0.1, 0.15) is 0 Å². The molecule has 1 amide bonds. The minimum absolute atomic E-state index is 0.0449. The summed E-state index contributed by atoms with van der Waals surface area (Å²) < 4.78 is 4.84. The third-order valence-corrected chi connectivity index (χ3v) is 1.31. The predicted molar refractivity (Wildman–Crippen MR) is 43.9 cm³/mol. The van der Waals surface area contributed by atoms with Gasteiger partial charge in [0.05, 0.1) is 6.10 Å². The molecule has 1 atom stereocenters. The minimum atomic E-state index is -0.0449. The highest BCUT2D eigenvalue weighted by molar-refractivity contribution is 14.1. The van der Waals surface area contributed by atoms with Crippen molar-refractivity contribution in [2.45, 2.75) is 13.0 Å². The molecule has 0 aromatic heterocycles. The van der Waals surface area contributed by atoms with Crippen LogP contribution in [0.3, 0.4) is 0 Å². The third-order valence-electron chi connectivity index (χ3n) is 0.931. The van der Waals surface area contributed by atoms with Gasteiger partial charge in [0.15, 0.2) is 0 Å². The monoisotopic (exact) mass is 243 g/mol. The molecule has 0 heterocycles. The molecule has 1 unspecified atom stereocenters. The van der Waals surface area contributed by atoms with E-state index in [1.807, 2.05) is 6.92 Å². The zero-order valence-corrected chi connectivity index (χ0v) is 7.64. The molecule has 0 saturated carbocycles. The number of amides is 1. The van der Waals surface area contributed by atoms with Crippen LogP contribution in [-0.2, 0) is 4.74 Å². The van der Waals surface area contributed by atoms with Crippen LogP contribution in [0.1, 0.15) is 6.92 Å². The Bertz CT molecular complexity index is 97.0. The second kappa shape index (κ2) is 4.99. The molecule has 54 valence electrons. The quantitative estimate of drug-likeness (QED) is 0.459. The van der Waals surface area contributed by atoms with E-state index in [9.17, 15) is 4.79 Å². The van der Waals surface area contributed by atoms with Crippen LogP contribution in [0.2, 0.25) is 0 Å². The number of hydrogen-bond acceptors (Lipinski definition) is 2. The Balaban J connectivity index is 3.16. The molecule has 4 heteroatoms. The van der Waals surface area contributed by atoms with Crippen LogP contribution in [0.4, 0.5) is 4.79 Å². The van der Waals surface area contributed by atoms with Crippen LogP contribution in [0.25, 0.3) is 0 Å². The van der Waals surface area contributed by atoms with Crippen molar-refractivity contribution in [2.24, 2.45) is 0 Å². The van der Waals surface area contributed by atoms with Gasteiger partial charge in [-0.05, 0) is 6.92 Å². The Morgan fingerprint density at radius 1 is 1.89 bits per heavy atom. The van der Waals surface area contributed by atoms with Crippen LogP contribution >= 0.6 is 22.6 Å². The van der Waals surface area contributed by atoms with Crippen molar-refractivity contribution in [3.8, 4) is 0 Å².